The molecule has 0 bridgehead atoms. The molecule has 0 fully saturated rings. The van der Waals surface area contributed by atoms with Gasteiger partial charge < -0.3 is 5.32 Å². The van der Waals surface area contributed by atoms with Crippen LogP contribution < -0.4 is 5.32 Å². The molecule has 2 aromatic carbocycles. The average molecular weight is 317 g/mol. The predicted molar refractivity (Wildman–Crippen MR) is 78.8 cm³/mol. The molecule has 0 aliphatic heterocycles. The van der Waals surface area contributed by atoms with Crippen LogP contribution in [-0.4, -0.2) is 11.9 Å². The van der Waals surface area contributed by atoms with Crippen LogP contribution in [0.3, 0.4) is 0 Å². The molecule has 0 saturated carbocycles. The van der Waals surface area contributed by atoms with Crippen LogP contribution in [0.4, 0.5) is 0 Å². The van der Waals surface area contributed by atoms with Crippen LogP contribution in [0, 0.1) is 11.3 Å². The molecule has 3 nitrogen and oxygen atoms in total. The van der Waals surface area contributed by atoms with Crippen molar-refractivity contribution in [3.8, 4) is 6.07 Å². The molecular weight excluding hydrogens is 304 g/mol. The van der Waals surface area contributed by atoms with Gasteiger partial charge in [0.15, 0.2) is 0 Å². The number of benzene rings is 2. The van der Waals surface area contributed by atoms with Crippen LogP contribution in [0.1, 0.15) is 23.7 Å². The van der Waals surface area contributed by atoms with Crippen LogP contribution in [0.5, 0.6) is 0 Å². The highest BCUT2D eigenvalue weighted by Gasteiger charge is 2.09. The molecule has 2 aromatic rings. The molecule has 0 aliphatic rings. The van der Waals surface area contributed by atoms with Crippen LogP contribution in [0.15, 0.2) is 40.9 Å². The monoisotopic (exact) mass is 316 g/mol. The van der Waals surface area contributed by atoms with Crippen molar-refractivity contribution in [1.82, 2.24) is 5.32 Å². The zero-order valence-electron chi connectivity index (χ0n) is 10.5. The number of fused-ring (bicyclic) bond motifs is 1. The first kappa shape index (κ1) is 13.6. The molecular formula is C15H13BrN2O. The third kappa shape index (κ3) is 3.33. The first-order valence-corrected chi connectivity index (χ1v) is 6.76. The maximum absolute atomic E-state index is 12.0. The van der Waals surface area contributed by atoms with Gasteiger partial charge in [0.2, 0.25) is 0 Å². The summed E-state index contributed by atoms with van der Waals surface area (Å²) in [5, 5.41) is 13.5. The summed E-state index contributed by atoms with van der Waals surface area (Å²) in [6, 6.07) is 13.4. The quantitative estimate of drug-likeness (QED) is 0.940. The molecule has 0 aliphatic carbocycles. The first-order valence-electron chi connectivity index (χ1n) is 5.97. The summed E-state index contributed by atoms with van der Waals surface area (Å²) in [6.07, 6.45) is 0.312. The lowest BCUT2D eigenvalue weighted by Gasteiger charge is -2.10. The normalized spacial score (nSPS) is 11.8. The zero-order valence-corrected chi connectivity index (χ0v) is 12.1. The Hall–Kier alpha value is -1.86. The summed E-state index contributed by atoms with van der Waals surface area (Å²) in [6.45, 7) is 1.82. The first-order chi connectivity index (χ1) is 9.10. The highest BCUT2D eigenvalue weighted by atomic mass is 79.9. The second kappa shape index (κ2) is 5.85. The summed E-state index contributed by atoms with van der Waals surface area (Å²) < 4.78 is 1.01. The largest absolute Gasteiger partial charge is 0.349 e. The van der Waals surface area contributed by atoms with Gasteiger partial charge in [-0.1, -0.05) is 28.1 Å². The Morgan fingerprint density at radius 2 is 2.00 bits per heavy atom. The van der Waals surface area contributed by atoms with E-state index in [4.69, 9.17) is 5.26 Å². The highest BCUT2D eigenvalue weighted by Crippen LogP contribution is 2.21. The van der Waals surface area contributed by atoms with Crippen molar-refractivity contribution in [2.45, 2.75) is 19.4 Å². The van der Waals surface area contributed by atoms with Crippen molar-refractivity contribution in [1.29, 1.82) is 5.26 Å². The topological polar surface area (TPSA) is 52.9 Å². The molecule has 0 heterocycles. The second-order valence-electron chi connectivity index (χ2n) is 4.44. The Labute approximate surface area is 120 Å². The standard InChI is InChI=1S/C15H13BrN2O/c1-10(6-7-17)18-15(19)13-3-2-12-9-14(16)5-4-11(12)8-13/h2-5,8-10H,6H2,1H3,(H,18,19). The molecule has 1 unspecified atom stereocenters. The number of halogens is 1. The number of nitrogens with zero attached hydrogens (tertiary/aromatic N) is 1. The minimum Gasteiger partial charge on any atom is -0.349 e. The summed E-state index contributed by atoms with van der Waals surface area (Å²) in [7, 11) is 0. The maximum Gasteiger partial charge on any atom is 0.251 e. The molecule has 1 N–H and O–H groups in total. The number of hydrogen-bond donors (Lipinski definition) is 1. The maximum atomic E-state index is 12.0. The number of carbonyl (C=O) groups is 1. The van der Waals surface area contributed by atoms with Gasteiger partial charge in [-0.3, -0.25) is 4.79 Å². The third-order valence-electron chi connectivity index (χ3n) is 2.84. The Bertz CT molecular complexity index is 661. The van der Waals surface area contributed by atoms with Crippen LogP contribution in [-0.2, 0) is 0 Å². The van der Waals surface area contributed by atoms with Gasteiger partial charge in [0.25, 0.3) is 5.91 Å². The lowest BCUT2D eigenvalue weighted by atomic mass is 10.1. The Morgan fingerprint density at radius 1 is 1.32 bits per heavy atom. The molecule has 96 valence electrons. The Balaban J connectivity index is 2.24. The van der Waals surface area contributed by atoms with Crippen molar-refractivity contribution in [2.75, 3.05) is 0 Å². The van der Waals surface area contributed by atoms with E-state index >= 15 is 0 Å². The minimum atomic E-state index is -0.146. The molecule has 0 spiro atoms. The molecule has 2 rings (SSSR count). The van der Waals surface area contributed by atoms with Crippen molar-refractivity contribution in [2.24, 2.45) is 0 Å². The van der Waals surface area contributed by atoms with Gasteiger partial charge in [-0.2, -0.15) is 5.26 Å². The molecule has 1 amide bonds. The van der Waals surface area contributed by atoms with E-state index in [1.807, 2.05) is 43.3 Å². The van der Waals surface area contributed by atoms with E-state index in [1.54, 1.807) is 6.07 Å². The van der Waals surface area contributed by atoms with Crippen LogP contribution >= 0.6 is 15.9 Å². The number of hydrogen-bond acceptors (Lipinski definition) is 2. The zero-order chi connectivity index (χ0) is 13.8. The second-order valence-corrected chi connectivity index (χ2v) is 5.36. The SMILES string of the molecule is CC(CC#N)NC(=O)c1ccc2cc(Br)ccc2c1. The van der Waals surface area contributed by atoms with Crippen molar-refractivity contribution < 1.29 is 4.79 Å². The number of carbonyl (C=O) groups excluding carboxylic acids is 1. The summed E-state index contributed by atoms with van der Waals surface area (Å²) in [5.74, 6) is -0.146. The number of rotatable bonds is 3. The summed E-state index contributed by atoms with van der Waals surface area (Å²) in [5.41, 5.74) is 0.611. The molecule has 1 atom stereocenters. The van der Waals surface area contributed by atoms with E-state index in [0.29, 0.717) is 12.0 Å². The lowest BCUT2D eigenvalue weighted by Crippen LogP contribution is -2.32. The molecule has 4 heteroatoms. The van der Waals surface area contributed by atoms with Crippen molar-refractivity contribution in [3.05, 3.63) is 46.4 Å². The van der Waals surface area contributed by atoms with Gasteiger partial charge in [-0.05, 0) is 42.0 Å². The number of nitrogens with one attached hydrogen (secondary N) is 1. The van der Waals surface area contributed by atoms with Gasteiger partial charge in [-0.15, -0.1) is 0 Å². The van der Waals surface area contributed by atoms with Gasteiger partial charge in [0, 0.05) is 16.1 Å². The fraction of sp³-hybridized carbons (Fsp3) is 0.200. The van der Waals surface area contributed by atoms with E-state index in [1.165, 1.54) is 0 Å². The van der Waals surface area contributed by atoms with E-state index in [0.717, 1.165) is 15.2 Å². The average Bonchev–Trinajstić information content (AvgIpc) is 2.38. The molecule has 19 heavy (non-hydrogen) atoms. The molecule has 0 saturated heterocycles. The number of nitriles is 1. The predicted octanol–water partition coefficient (Wildman–Crippen LogP) is 3.63. The lowest BCUT2D eigenvalue weighted by molar-refractivity contribution is 0.0941. The third-order valence-corrected chi connectivity index (χ3v) is 3.33. The number of amides is 1. The van der Waals surface area contributed by atoms with Gasteiger partial charge in [-0.25, -0.2) is 0 Å². The van der Waals surface area contributed by atoms with E-state index < -0.39 is 0 Å². The van der Waals surface area contributed by atoms with Crippen LogP contribution in [0.25, 0.3) is 10.8 Å². The minimum absolute atomic E-state index is 0.141. The smallest absolute Gasteiger partial charge is 0.251 e. The van der Waals surface area contributed by atoms with Crippen molar-refractivity contribution in [3.63, 3.8) is 0 Å². The van der Waals surface area contributed by atoms with Crippen LogP contribution in [0.2, 0.25) is 0 Å². The van der Waals surface area contributed by atoms with E-state index in [9.17, 15) is 4.79 Å². The summed E-state index contributed by atoms with van der Waals surface area (Å²) in [4.78, 5) is 12.0. The fourth-order valence-electron chi connectivity index (χ4n) is 1.85. The van der Waals surface area contributed by atoms with Gasteiger partial charge in [0.1, 0.15) is 0 Å². The fourth-order valence-corrected chi connectivity index (χ4v) is 2.23. The van der Waals surface area contributed by atoms with Crippen molar-refractivity contribution >= 4 is 32.6 Å². The van der Waals surface area contributed by atoms with Gasteiger partial charge >= 0.3 is 0 Å². The van der Waals surface area contributed by atoms with E-state index in [-0.39, 0.29) is 11.9 Å². The summed E-state index contributed by atoms with van der Waals surface area (Å²) >= 11 is 3.42. The highest BCUT2D eigenvalue weighted by molar-refractivity contribution is 9.10. The molecule has 0 radical (unpaired) electrons. The van der Waals surface area contributed by atoms with Gasteiger partial charge in [0.05, 0.1) is 12.5 Å². The molecule has 0 aromatic heterocycles. The van der Waals surface area contributed by atoms with E-state index in [2.05, 4.69) is 21.2 Å². The Morgan fingerprint density at radius 3 is 2.74 bits per heavy atom. The Kier molecular flexibility index (Phi) is 4.18.